The number of carbonyl (C=O) groups is 1. The van der Waals surface area contributed by atoms with Crippen molar-refractivity contribution in [3.8, 4) is 0 Å². The number of sulfonamides is 1. The van der Waals surface area contributed by atoms with Crippen molar-refractivity contribution in [3.63, 3.8) is 0 Å². The van der Waals surface area contributed by atoms with E-state index < -0.39 is 10.0 Å². The van der Waals surface area contributed by atoms with Crippen molar-refractivity contribution in [1.29, 1.82) is 0 Å². The number of amides is 1. The molecule has 112 valence electrons. The SMILES string of the molecule is CNCC(C)CNS(=O)(=O)c1ccc(C(=O)NC)cc1. The summed E-state index contributed by atoms with van der Waals surface area (Å²) in [5, 5.41) is 5.47. The van der Waals surface area contributed by atoms with Gasteiger partial charge in [-0.15, -0.1) is 0 Å². The van der Waals surface area contributed by atoms with Crippen LogP contribution in [0.1, 0.15) is 17.3 Å². The molecule has 1 rings (SSSR count). The van der Waals surface area contributed by atoms with Crippen molar-refractivity contribution in [2.45, 2.75) is 11.8 Å². The summed E-state index contributed by atoms with van der Waals surface area (Å²) >= 11 is 0. The van der Waals surface area contributed by atoms with Crippen molar-refractivity contribution in [1.82, 2.24) is 15.4 Å². The molecule has 1 amide bonds. The highest BCUT2D eigenvalue weighted by atomic mass is 32.2. The average molecular weight is 299 g/mol. The van der Waals surface area contributed by atoms with Crippen LogP contribution in [0.2, 0.25) is 0 Å². The lowest BCUT2D eigenvalue weighted by Gasteiger charge is -2.12. The topological polar surface area (TPSA) is 87.3 Å². The minimum absolute atomic E-state index is 0.154. The van der Waals surface area contributed by atoms with Crippen LogP contribution in [0.25, 0.3) is 0 Å². The molecule has 0 saturated carbocycles. The Hall–Kier alpha value is -1.44. The van der Waals surface area contributed by atoms with Crippen LogP contribution < -0.4 is 15.4 Å². The van der Waals surface area contributed by atoms with E-state index in [9.17, 15) is 13.2 Å². The molecule has 1 unspecified atom stereocenters. The van der Waals surface area contributed by atoms with Crippen LogP contribution in [0.15, 0.2) is 29.2 Å². The standard InChI is InChI=1S/C13H21N3O3S/c1-10(8-14-2)9-16-20(18,19)12-6-4-11(5-7-12)13(17)15-3/h4-7,10,14,16H,8-9H2,1-3H3,(H,15,17). The molecule has 1 aromatic rings. The Kier molecular flexibility index (Phi) is 6.12. The molecule has 0 aliphatic heterocycles. The first-order valence-electron chi connectivity index (χ1n) is 6.37. The Morgan fingerprint density at radius 1 is 1.15 bits per heavy atom. The number of benzene rings is 1. The highest BCUT2D eigenvalue weighted by Gasteiger charge is 2.15. The Morgan fingerprint density at radius 2 is 1.75 bits per heavy atom. The predicted octanol–water partition coefficient (Wildman–Crippen LogP) is 0.180. The van der Waals surface area contributed by atoms with Gasteiger partial charge in [-0.25, -0.2) is 13.1 Å². The molecule has 20 heavy (non-hydrogen) atoms. The molecule has 0 spiro atoms. The van der Waals surface area contributed by atoms with Crippen molar-refractivity contribution in [3.05, 3.63) is 29.8 Å². The number of carbonyl (C=O) groups excluding carboxylic acids is 1. The number of hydrogen-bond acceptors (Lipinski definition) is 4. The molecule has 0 saturated heterocycles. The Balaban J connectivity index is 2.75. The average Bonchev–Trinajstić information content (AvgIpc) is 2.45. The molecule has 0 heterocycles. The fourth-order valence-electron chi connectivity index (χ4n) is 1.69. The Bertz CT molecular complexity index is 540. The van der Waals surface area contributed by atoms with Crippen molar-refractivity contribution in [2.24, 2.45) is 5.92 Å². The third-order valence-electron chi connectivity index (χ3n) is 2.83. The maximum Gasteiger partial charge on any atom is 0.251 e. The summed E-state index contributed by atoms with van der Waals surface area (Å²) in [5.41, 5.74) is 0.426. The van der Waals surface area contributed by atoms with Gasteiger partial charge in [0.05, 0.1) is 4.90 Å². The van der Waals surface area contributed by atoms with Gasteiger partial charge in [0.2, 0.25) is 10.0 Å². The van der Waals surface area contributed by atoms with Crippen molar-refractivity contribution >= 4 is 15.9 Å². The van der Waals surface area contributed by atoms with E-state index in [0.717, 1.165) is 6.54 Å². The van der Waals surface area contributed by atoms with Crippen LogP contribution >= 0.6 is 0 Å². The monoisotopic (exact) mass is 299 g/mol. The normalized spacial score (nSPS) is 12.9. The largest absolute Gasteiger partial charge is 0.355 e. The minimum atomic E-state index is -3.53. The molecule has 0 aromatic heterocycles. The van der Waals surface area contributed by atoms with Gasteiger partial charge in [-0.05, 0) is 43.8 Å². The van der Waals surface area contributed by atoms with Gasteiger partial charge in [0.15, 0.2) is 0 Å². The van der Waals surface area contributed by atoms with Crippen molar-refractivity contribution in [2.75, 3.05) is 27.2 Å². The summed E-state index contributed by atoms with van der Waals surface area (Å²) in [6, 6.07) is 5.83. The molecular weight excluding hydrogens is 278 g/mol. The lowest BCUT2D eigenvalue weighted by Crippen LogP contribution is -2.32. The highest BCUT2D eigenvalue weighted by Crippen LogP contribution is 2.10. The Morgan fingerprint density at radius 3 is 2.25 bits per heavy atom. The molecule has 0 radical (unpaired) electrons. The quantitative estimate of drug-likeness (QED) is 0.670. The zero-order valence-electron chi connectivity index (χ0n) is 11.9. The first-order valence-corrected chi connectivity index (χ1v) is 7.85. The summed E-state index contributed by atoms with van der Waals surface area (Å²) in [5.74, 6) is -0.0514. The lowest BCUT2D eigenvalue weighted by atomic mass is 10.2. The molecule has 0 aliphatic rings. The van der Waals surface area contributed by atoms with E-state index in [-0.39, 0.29) is 16.7 Å². The fourth-order valence-corrected chi connectivity index (χ4v) is 2.85. The maximum atomic E-state index is 12.1. The molecule has 0 aliphatic carbocycles. The second kappa shape index (κ2) is 7.37. The lowest BCUT2D eigenvalue weighted by molar-refractivity contribution is 0.0963. The van der Waals surface area contributed by atoms with Gasteiger partial charge in [0, 0.05) is 19.2 Å². The molecule has 0 fully saturated rings. The van der Waals surface area contributed by atoms with Gasteiger partial charge in [-0.2, -0.15) is 0 Å². The summed E-state index contributed by atoms with van der Waals surface area (Å²) in [6.45, 7) is 3.05. The van der Waals surface area contributed by atoms with Crippen LogP contribution in [-0.2, 0) is 10.0 Å². The number of rotatable bonds is 7. The number of hydrogen-bond donors (Lipinski definition) is 3. The van der Waals surface area contributed by atoms with E-state index >= 15 is 0 Å². The van der Waals surface area contributed by atoms with E-state index in [4.69, 9.17) is 0 Å². The van der Waals surface area contributed by atoms with E-state index in [2.05, 4.69) is 15.4 Å². The molecule has 3 N–H and O–H groups in total. The maximum absolute atomic E-state index is 12.1. The summed E-state index contributed by atoms with van der Waals surface area (Å²) in [6.07, 6.45) is 0. The first kappa shape index (κ1) is 16.6. The van der Waals surface area contributed by atoms with Crippen LogP contribution in [-0.4, -0.2) is 41.5 Å². The number of nitrogens with one attached hydrogen (secondary N) is 3. The molecular formula is C13H21N3O3S. The molecule has 1 aromatic carbocycles. The molecule has 1 atom stereocenters. The first-order chi connectivity index (χ1) is 9.40. The van der Waals surface area contributed by atoms with Gasteiger partial charge in [-0.3, -0.25) is 4.79 Å². The van der Waals surface area contributed by atoms with Gasteiger partial charge < -0.3 is 10.6 Å². The highest BCUT2D eigenvalue weighted by molar-refractivity contribution is 7.89. The van der Waals surface area contributed by atoms with Gasteiger partial charge in [0.25, 0.3) is 5.91 Å². The second-order valence-corrected chi connectivity index (χ2v) is 6.39. The van der Waals surface area contributed by atoms with Gasteiger partial charge in [-0.1, -0.05) is 6.92 Å². The smallest absolute Gasteiger partial charge is 0.251 e. The van der Waals surface area contributed by atoms with Crippen molar-refractivity contribution < 1.29 is 13.2 Å². The Labute approximate surface area is 120 Å². The van der Waals surface area contributed by atoms with E-state index in [1.807, 2.05) is 14.0 Å². The van der Waals surface area contributed by atoms with Gasteiger partial charge in [0.1, 0.15) is 0 Å². The van der Waals surface area contributed by atoms with Crippen LogP contribution in [0.3, 0.4) is 0 Å². The zero-order chi connectivity index (χ0) is 15.2. The van der Waals surface area contributed by atoms with Crippen LogP contribution in [0.5, 0.6) is 0 Å². The summed E-state index contributed by atoms with van der Waals surface area (Å²) in [4.78, 5) is 11.5. The molecule has 7 heteroatoms. The third-order valence-corrected chi connectivity index (χ3v) is 4.27. The van der Waals surface area contributed by atoms with Crippen LogP contribution in [0.4, 0.5) is 0 Å². The predicted molar refractivity (Wildman–Crippen MR) is 78.1 cm³/mol. The summed E-state index contributed by atoms with van der Waals surface area (Å²) < 4.78 is 26.7. The van der Waals surface area contributed by atoms with E-state index in [1.165, 1.54) is 31.3 Å². The van der Waals surface area contributed by atoms with E-state index in [0.29, 0.717) is 12.1 Å². The van der Waals surface area contributed by atoms with Crippen LogP contribution in [0, 0.1) is 5.92 Å². The van der Waals surface area contributed by atoms with Gasteiger partial charge >= 0.3 is 0 Å². The molecule has 0 bridgehead atoms. The van der Waals surface area contributed by atoms with E-state index in [1.54, 1.807) is 0 Å². The molecule has 6 nitrogen and oxygen atoms in total. The summed E-state index contributed by atoms with van der Waals surface area (Å²) in [7, 11) is -0.185. The zero-order valence-corrected chi connectivity index (χ0v) is 12.8. The fraction of sp³-hybridized carbons (Fsp3) is 0.462. The second-order valence-electron chi connectivity index (χ2n) is 4.62. The minimum Gasteiger partial charge on any atom is -0.355 e. The third kappa shape index (κ3) is 4.59.